The van der Waals surface area contributed by atoms with E-state index < -0.39 is 0 Å². The standard InChI is InChI=1S/C10H21N2O/c1-6-7-13-10(8-11(2)3)9-12(4)5/h8-9H,6-7H2,1-5H3/q+1. The van der Waals surface area contributed by atoms with Gasteiger partial charge in [-0.05, 0) is 6.42 Å². The van der Waals surface area contributed by atoms with E-state index in [1.165, 1.54) is 0 Å². The zero-order valence-corrected chi connectivity index (χ0v) is 9.37. The molecule has 3 heteroatoms. The van der Waals surface area contributed by atoms with E-state index in [9.17, 15) is 0 Å². The Balaban J connectivity index is 4.28. The fourth-order valence-electron chi connectivity index (χ4n) is 0.837. The molecule has 3 nitrogen and oxygen atoms in total. The monoisotopic (exact) mass is 185 g/mol. The molecule has 0 radical (unpaired) electrons. The minimum atomic E-state index is 0.768. The average molecular weight is 185 g/mol. The van der Waals surface area contributed by atoms with E-state index >= 15 is 0 Å². The highest BCUT2D eigenvalue weighted by Crippen LogP contribution is 1.96. The largest absolute Gasteiger partial charge is 0.486 e. The van der Waals surface area contributed by atoms with Crippen LogP contribution in [0.1, 0.15) is 13.3 Å². The Morgan fingerprint density at radius 2 is 2.00 bits per heavy atom. The third-order valence-corrected chi connectivity index (χ3v) is 1.24. The lowest BCUT2D eigenvalue weighted by molar-refractivity contribution is -0.459. The van der Waals surface area contributed by atoms with E-state index in [0.29, 0.717) is 0 Å². The summed E-state index contributed by atoms with van der Waals surface area (Å²) in [5.41, 5.74) is 0. The van der Waals surface area contributed by atoms with Crippen LogP contribution in [0.3, 0.4) is 0 Å². The lowest BCUT2D eigenvalue weighted by atomic mass is 10.5. The molecule has 0 N–H and O–H groups in total. The SMILES string of the molecule is CCCOC(=CN(C)C)C=[N+](C)C. The van der Waals surface area contributed by atoms with Crippen LogP contribution in [0, 0.1) is 0 Å². The van der Waals surface area contributed by atoms with Gasteiger partial charge in [-0.25, -0.2) is 4.58 Å². The van der Waals surface area contributed by atoms with E-state index in [1.807, 2.05) is 50.1 Å². The molecule has 0 atom stereocenters. The summed E-state index contributed by atoms with van der Waals surface area (Å²) >= 11 is 0. The van der Waals surface area contributed by atoms with E-state index in [-0.39, 0.29) is 0 Å². The zero-order valence-electron chi connectivity index (χ0n) is 9.37. The van der Waals surface area contributed by atoms with Crippen molar-refractivity contribution >= 4 is 6.21 Å². The second-order valence-corrected chi connectivity index (χ2v) is 3.44. The van der Waals surface area contributed by atoms with Crippen LogP contribution < -0.4 is 0 Å². The minimum absolute atomic E-state index is 0.768. The van der Waals surface area contributed by atoms with Crippen LogP contribution in [0.4, 0.5) is 0 Å². The lowest BCUT2D eigenvalue weighted by Gasteiger charge is -2.08. The van der Waals surface area contributed by atoms with Crippen LogP contribution in [0.2, 0.25) is 0 Å². The lowest BCUT2D eigenvalue weighted by Crippen LogP contribution is -2.10. The number of ether oxygens (including phenoxy) is 1. The highest BCUT2D eigenvalue weighted by atomic mass is 16.5. The Bertz CT molecular complexity index is 191. The van der Waals surface area contributed by atoms with Gasteiger partial charge in [0.15, 0.2) is 5.76 Å². The first-order valence-electron chi connectivity index (χ1n) is 4.58. The molecule has 0 aliphatic heterocycles. The minimum Gasteiger partial charge on any atom is -0.486 e. The van der Waals surface area contributed by atoms with E-state index in [0.717, 1.165) is 18.8 Å². The molecule has 76 valence electrons. The summed E-state index contributed by atoms with van der Waals surface area (Å²) in [4.78, 5) is 1.98. The fourth-order valence-corrected chi connectivity index (χ4v) is 0.837. The maximum absolute atomic E-state index is 5.54. The molecule has 0 aliphatic rings. The Morgan fingerprint density at radius 1 is 1.38 bits per heavy atom. The molecule has 0 rings (SSSR count). The molecule has 13 heavy (non-hydrogen) atoms. The highest BCUT2D eigenvalue weighted by Gasteiger charge is 1.98. The first kappa shape index (κ1) is 12.0. The van der Waals surface area contributed by atoms with Crippen molar-refractivity contribution in [2.45, 2.75) is 13.3 Å². The summed E-state index contributed by atoms with van der Waals surface area (Å²) in [6.07, 6.45) is 4.97. The summed E-state index contributed by atoms with van der Waals surface area (Å²) in [7, 11) is 7.94. The Morgan fingerprint density at radius 3 is 2.38 bits per heavy atom. The van der Waals surface area contributed by atoms with Gasteiger partial charge in [-0.2, -0.15) is 0 Å². The Kier molecular flexibility index (Phi) is 6.02. The Hall–Kier alpha value is -0.990. The maximum Gasteiger partial charge on any atom is 0.206 e. The van der Waals surface area contributed by atoms with Crippen LogP contribution in [0.25, 0.3) is 0 Å². The predicted octanol–water partition coefficient (Wildman–Crippen LogP) is 1.16. The van der Waals surface area contributed by atoms with Gasteiger partial charge in [-0.1, -0.05) is 6.92 Å². The van der Waals surface area contributed by atoms with Gasteiger partial charge in [0.1, 0.15) is 14.1 Å². The second kappa shape index (κ2) is 6.52. The van der Waals surface area contributed by atoms with Crippen LogP contribution in [-0.4, -0.2) is 50.5 Å². The van der Waals surface area contributed by atoms with Crippen LogP contribution in [-0.2, 0) is 4.74 Å². The molecule has 0 saturated carbocycles. The van der Waals surface area contributed by atoms with Crippen LogP contribution in [0.15, 0.2) is 12.0 Å². The molecular formula is C10H21N2O+. The summed E-state index contributed by atoms with van der Waals surface area (Å²) < 4.78 is 7.51. The highest BCUT2D eigenvalue weighted by molar-refractivity contribution is 5.71. The second-order valence-electron chi connectivity index (χ2n) is 3.44. The molecule has 0 aromatic heterocycles. The van der Waals surface area contributed by atoms with Gasteiger partial charge in [-0.3, -0.25) is 0 Å². The topological polar surface area (TPSA) is 15.5 Å². The molecular weight excluding hydrogens is 164 g/mol. The van der Waals surface area contributed by atoms with Gasteiger partial charge in [0.05, 0.1) is 6.61 Å². The van der Waals surface area contributed by atoms with Crippen LogP contribution >= 0.6 is 0 Å². The molecule has 0 aromatic rings. The van der Waals surface area contributed by atoms with Gasteiger partial charge in [0, 0.05) is 20.3 Å². The van der Waals surface area contributed by atoms with Crippen LogP contribution in [0.5, 0.6) is 0 Å². The van der Waals surface area contributed by atoms with Gasteiger partial charge in [-0.15, -0.1) is 0 Å². The molecule has 0 aromatic carbocycles. The van der Waals surface area contributed by atoms with Gasteiger partial charge in [0.2, 0.25) is 6.21 Å². The van der Waals surface area contributed by atoms with E-state index in [4.69, 9.17) is 4.74 Å². The number of hydrogen-bond acceptors (Lipinski definition) is 2. The number of rotatable bonds is 5. The zero-order chi connectivity index (χ0) is 10.3. The van der Waals surface area contributed by atoms with Crippen molar-refractivity contribution in [2.75, 3.05) is 34.8 Å². The smallest absolute Gasteiger partial charge is 0.206 e. The third kappa shape index (κ3) is 7.37. The van der Waals surface area contributed by atoms with Crippen molar-refractivity contribution in [2.24, 2.45) is 0 Å². The van der Waals surface area contributed by atoms with Crippen molar-refractivity contribution in [1.29, 1.82) is 0 Å². The summed E-state index contributed by atoms with van der Waals surface area (Å²) in [6, 6.07) is 0. The molecule has 0 aliphatic carbocycles. The first-order chi connectivity index (χ1) is 6.06. The van der Waals surface area contributed by atoms with Crippen molar-refractivity contribution in [3.63, 3.8) is 0 Å². The van der Waals surface area contributed by atoms with Gasteiger partial charge < -0.3 is 9.64 Å². The quantitative estimate of drug-likeness (QED) is 0.363. The molecule has 0 bridgehead atoms. The maximum atomic E-state index is 5.54. The van der Waals surface area contributed by atoms with Gasteiger partial charge in [0.25, 0.3) is 0 Å². The van der Waals surface area contributed by atoms with Crippen molar-refractivity contribution in [3.05, 3.63) is 12.0 Å². The first-order valence-corrected chi connectivity index (χ1v) is 4.58. The number of nitrogens with zero attached hydrogens (tertiary/aromatic N) is 2. The summed E-state index contributed by atoms with van der Waals surface area (Å²) in [5, 5.41) is 0. The molecule has 0 fully saturated rings. The average Bonchev–Trinajstić information content (AvgIpc) is 1.98. The van der Waals surface area contributed by atoms with E-state index in [2.05, 4.69) is 6.92 Å². The normalized spacial score (nSPS) is 11.0. The number of hydrogen-bond donors (Lipinski definition) is 0. The third-order valence-electron chi connectivity index (χ3n) is 1.24. The molecule has 0 heterocycles. The van der Waals surface area contributed by atoms with Crippen molar-refractivity contribution < 1.29 is 9.31 Å². The summed E-state index contributed by atoms with van der Waals surface area (Å²) in [6.45, 7) is 2.87. The number of allylic oxidation sites excluding steroid dienone is 1. The molecule has 0 unspecified atom stereocenters. The van der Waals surface area contributed by atoms with E-state index in [1.54, 1.807) is 0 Å². The molecule has 0 amide bonds. The fraction of sp³-hybridized carbons (Fsp3) is 0.700. The molecule has 0 spiro atoms. The molecule has 0 saturated heterocycles. The Labute approximate surface area is 81.3 Å². The van der Waals surface area contributed by atoms with Crippen molar-refractivity contribution in [3.8, 4) is 0 Å². The predicted molar refractivity (Wildman–Crippen MR) is 56.2 cm³/mol. The van der Waals surface area contributed by atoms with Crippen molar-refractivity contribution in [1.82, 2.24) is 4.90 Å². The summed E-state index contributed by atoms with van der Waals surface area (Å²) in [5.74, 6) is 0.900. The van der Waals surface area contributed by atoms with Gasteiger partial charge >= 0.3 is 0 Å².